The fraction of sp³-hybridized carbons (Fsp3) is 0.263. The van der Waals surface area contributed by atoms with Crippen molar-refractivity contribution in [1.29, 1.82) is 0 Å². The molecule has 6 nitrogen and oxygen atoms in total. The first-order valence-electron chi connectivity index (χ1n) is 8.10. The lowest BCUT2D eigenvalue weighted by molar-refractivity contribution is -0.114. The van der Waals surface area contributed by atoms with Crippen LogP contribution in [0.1, 0.15) is 24.2 Å². The van der Waals surface area contributed by atoms with Gasteiger partial charge in [0.15, 0.2) is 0 Å². The zero-order valence-electron chi connectivity index (χ0n) is 14.6. The molecule has 0 heterocycles. The number of hydrogen-bond donors (Lipinski definition) is 3. The highest BCUT2D eigenvalue weighted by atomic mass is 16.5. The number of ether oxygens (including phenoxy) is 1. The second kappa shape index (κ2) is 8.73. The predicted molar refractivity (Wildman–Crippen MR) is 99.2 cm³/mol. The molecule has 0 radical (unpaired) electrons. The van der Waals surface area contributed by atoms with Crippen molar-refractivity contribution < 1.29 is 14.3 Å². The van der Waals surface area contributed by atoms with Crippen LogP contribution < -0.4 is 20.7 Å². The molecule has 132 valence electrons. The van der Waals surface area contributed by atoms with Gasteiger partial charge in [-0.2, -0.15) is 0 Å². The molecule has 0 aromatic heterocycles. The molecule has 0 aliphatic heterocycles. The third-order valence-electron chi connectivity index (χ3n) is 3.32. The van der Waals surface area contributed by atoms with Crippen LogP contribution in [-0.2, 0) is 4.79 Å². The first-order chi connectivity index (χ1) is 12.0. The summed E-state index contributed by atoms with van der Waals surface area (Å²) in [6, 6.07) is 14.2. The van der Waals surface area contributed by atoms with E-state index in [1.165, 1.54) is 0 Å². The highest BCUT2D eigenvalue weighted by molar-refractivity contribution is 5.96. The normalized spacial score (nSPS) is 10.2. The molecule has 0 saturated heterocycles. The lowest BCUT2D eigenvalue weighted by atomic mass is 10.2. The molecule has 2 amide bonds. The number of hydrogen-bond acceptors (Lipinski definition) is 4. The Labute approximate surface area is 147 Å². The van der Waals surface area contributed by atoms with Crippen LogP contribution in [-0.4, -0.2) is 31.5 Å². The molecule has 2 aromatic rings. The molecule has 0 unspecified atom stereocenters. The fourth-order valence-electron chi connectivity index (χ4n) is 2.19. The number of anilines is 2. The van der Waals surface area contributed by atoms with Gasteiger partial charge >= 0.3 is 0 Å². The van der Waals surface area contributed by atoms with Gasteiger partial charge in [0.1, 0.15) is 5.75 Å². The SMILES string of the molecule is CNC(=O)c1ccc(NC(=O)CNc2cccc(OC(C)C)c2)cc1. The number of rotatable bonds is 7. The Hall–Kier alpha value is -3.02. The summed E-state index contributed by atoms with van der Waals surface area (Å²) in [4.78, 5) is 23.5. The van der Waals surface area contributed by atoms with Gasteiger partial charge in [-0.25, -0.2) is 0 Å². The summed E-state index contributed by atoms with van der Waals surface area (Å²) in [7, 11) is 1.57. The topological polar surface area (TPSA) is 79.5 Å². The van der Waals surface area contributed by atoms with E-state index in [1.807, 2.05) is 38.1 Å². The molecule has 0 saturated carbocycles. The number of carbonyl (C=O) groups excluding carboxylic acids is 2. The van der Waals surface area contributed by atoms with Crippen LogP contribution >= 0.6 is 0 Å². The van der Waals surface area contributed by atoms with Crippen LogP contribution in [0.15, 0.2) is 48.5 Å². The van der Waals surface area contributed by atoms with E-state index >= 15 is 0 Å². The number of carbonyl (C=O) groups is 2. The first kappa shape index (κ1) is 18.3. The molecule has 0 bridgehead atoms. The van der Waals surface area contributed by atoms with Crippen molar-refractivity contribution in [2.45, 2.75) is 20.0 Å². The molecule has 2 rings (SSSR count). The van der Waals surface area contributed by atoms with Gasteiger partial charge in [-0.15, -0.1) is 0 Å². The molecule has 25 heavy (non-hydrogen) atoms. The highest BCUT2D eigenvalue weighted by Gasteiger charge is 2.06. The average Bonchev–Trinajstić information content (AvgIpc) is 2.60. The number of amides is 2. The van der Waals surface area contributed by atoms with Gasteiger partial charge < -0.3 is 20.7 Å². The van der Waals surface area contributed by atoms with E-state index < -0.39 is 0 Å². The minimum atomic E-state index is -0.178. The first-order valence-corrected chi connectivity index (χ1v) is 8.10. The van der Waals surface area contributed by atoms with Crippen molar-refractivity contribution in [3.8, 4) is 5.75 Å². The third kappa shape index (κ3) is 5.84. The van der Waals surface area contributed by atoms with Gasteiger partial charge in [0.05, 0.1) is 12.6 Å². The fourth-order valence-corrected chi connectivity index (χ4v) is 2.19. The van der Waals surface area contributed by atoms with Crippen LogP contribution in [0.5, 0.6) is 5.75 Å². The Kier molecular flexibility index (Phi) is 6.39. The summed E-state index contributed by atoms with van der Waals surface area (Å²) in [5.74, 6) is 0.413. The zero-order chi connectivity index (χ0) is 18.2. The van der Waals surface area contributed by atoms with Crippen molar-refractivity contribution >= 4 is 23.2 Å². The Balaban J connectivity index is 1.87. The van der Waals surface area contributed by atoms with Crippen molar-refractivity contribution in [3.63, 3.8) is 0 Å². The van der Waals surface area contributed by atoms with Gasteiger partial charge in [-0.1, -0.05) is 6.07 Å². The van der Waals surface area contributed by atoms with E-state index in [0.717, 1.165) is 11.4 Å². The lowest BCUT2D eigenvalue weighted by Crippen LogP contribution is -2.22. The van der Waals surface area contributed by atoms with Crippen LogP contribution in [0.2, 0.25) is 0 Å². The quantitative estimate of drug-likeness (QED) is 0.723. The molecule has 2 aromatic carbocycles. The van der Waals surface area contributed by atoms with Crippen LogP contribution in [0.3, 0.4) is 0 Å². The lowest BCUT2D eigenvalue weighted by Gasteiger charge is -2.12. The van der Waals surface area contributed by atoms with Crippen molar-refractivity contribution in [1.82, 2.24) is 5.32 Å². The number of benzene rings is 2. The van der Waals surface area contributed by atoms with Crippen molar-refractivity contribution in [2.24, 2.45) is 0 Å². The summed E-state index contributed by atoms with van der Waals surface area (Å²) < 4.78 is 5.62. The Morgan fingerprint density at radius 1 is 1.04 bits per heavy atom. The predicted octanol–water partition coefficient (Wildman–Crippen LogP) is 2.88. The molecule has 3 N–H and O–H groups in total. The summed E-state index contributed by atoms with van der Waals surface area (Å²) in [5.41, 5.74) is 1.99. The molecule has 6 heteroatoms. The average molecular weight is 341 g/mol. The summed E-state index contributed by atoms with van der Waals surface area (Å²) in [5, 5.41) is 8.39. The molecule has 0 aliphatic carbocycles. The van der Waals surface area contributed by atoms with Crippen LogP contribution in [0.4, 0.5) is 11.4 Å². The maximum atomic E-state index is 12.0. The van der Waals surface area contributed by atoms with E-state index in [-0.39, 0.29) is 24.5 Å². The molecule has 0 atom stereocenters. The smallest absolute Gasteiger partial charge is 0.251 e. The van der Waals surface area contributed by atoms with Gasteiger partial charge in [-0.05, 0) is 50.2 Å². The van der Waals surface area contributed by atoms with Gasteiger partial charge in [0, 0.05) is 30.1 Å². The second-order valence-electron chi connectivity index (χ2n) is 5.75. The second-order valence-corrected chi connectivity index (χ2v) is 5.75. The van der Waals surface area contributed by atoms with Crippen LogP contribution in [0, 0.1) is 0 Å². The third-order valence-corrected chi connectivity index (χ3v) is 3.32. The van der Waals surface area contributed by atoms with E-state index in [9.17, 15) is 9.59 Å². The molecule has 0 spiro atoms. The van der Waals surface area contributed by atoms with E-state index in [4.69, 9.17) is 4.74 Å². The van der Waals surface area contributed by atoms with E-state index in [2.05, 4.69) is 16.0 Å². The van der Waals surface area contributed by atoms with Gasteiger partial charge in [0.25, 0.3) is 5.91 Å². The van der Waals surface area contributed by atoms with Gasteiger partial charge in [0.2, 0.25) is 5.91 Å². The Bertz CT molecular complexity index is 727. The molecule has 0 fully saturated rings. The molecular formula is C19H23N3O3. The Morgan fingerprint density at radius 3 is 2.40 bits per heavy atom. The van der Waals surface area contributed by atoms with E-state index in [0.29, 0.717) is 11.3 Å². The Morgan fingerprint density at radius 2 is 1.76 bits per heavy atom. The maximum absolute atomic E-state index is 12.0. The summed E-state index contributed by atoms with van der Waals surface area (Å²) in [6.07, 6.45) is 0.0938. The van der Waals surface area contributed by atoms with Gasteiger partial charge in [-0.3, -0.25) is 9.59 Å². The van der Waals surface area contributed by atoms with Crippen molar-refractivity contribution in [2.75, 3.05) is 24.2 Å². The summed E-state index contributed by atoms with van der Waals surface area (Å²) in [6.45, 7) is 4.05. The molecule has 0 aliphatic rings. The summed E-state index contributed by atoms with van der Waals surface area (Å²) >= 11 is 0. The minimum Gasteiger partial charge on any atom is -0.491 e. The number of nitrogens with one attached hydrogen (secondary N) is 3. The van der Waals surface area contributed by atoms with E-state index in [1.54, 1.807) is 31.3 Å². The molecular weight excluding hydrogens is 318 g/mol. The standard InChI is InChI=1S/C19H23N3O3/c1-13(2)25-17-6-4-5-16(11-17)21-12-18(23)22-15-9-7-14(8-10-15)19(24)20-3/h4-11,13,21H,12H2,1-3H3,(H,20,24)(H,22,23). The maximum Gasteiger partial charge on any atom is 0.251 e. The monoisotopic (exact) mass is 341 g/mol. The van der Waals surface area contributed by atoms with Crippen molar-refractivity contribution in [3.05, 3.63) is 54.1 Å². The van der Waals surface area contributed by atoms with Crippen LogP contribution in [0.25, 0.3) is 0 Å². The minimum absolute atomic E-state index is 0.0938. The highest BCUT2D eigenvalue weighted by Crippen LogP contribution is 2.18. The largest absolute Gasteiger partial charge is 0.491 e. The zero-order valence-corrected chi connectivity index (χ0v) is 14.6.